The number of nitrogens with zero attached hydrogens (tertiary/aromatic N) is 3. The molecule has 648 valence electrons. The van der Waals surface area contributed by atoms with Crippen LogP contribution in [0.2, 0.25) is 0 Å². The monoisotopic (exact) mass is 1700 g/mol. The second-order valence-corrected chi connectivity index (χ2v) is 33.8. The minimum atomic E-state index is -1.76. The average Bonchev–Trinajstić information content (AvgIpc) is 1.75. The molecule has 117 heavy (non-hydrogen) atoms. The summed E-state index contributed by atoms with van der Waals surface area (Å²) in [4.78, 5) is 215. The number of nitrogens with one attached hydrogen (secondary N) is 6. The van der Waals surface area contributed by atoms with E-state index in [2.05, 4.69) is 37.0 Å². The summed E-state index contributed by atoms with van der Waals surface area (Å²) in [6.07, 6.45) is 2.17. The number of carboxylic acid groups (broad SMARTS) is 5. The number of esters is 1. The van der Waals surface area contributed by atoms with Gasteiger partial charge in [-0.15, -0.1) is 11.3 Å². The first-order valence-corrected chi connectivity index (χ1v) is 43.1. The number of hydrogen-bond acceptors (Lipinski definition) is 24. The van der Waals surface area contributed by atoms with E-state index in [0.29, 0.717) is 66.6 Å². The minimum Gasteiger partial charge on any atom is -0.508 e. The molecule has 3 aromatic rings. The molecule has 1 aliphatic heterocycles. The van der Waals surface area contributed by atoms with E-state index in [0.717, 1.165) is 47.4 Å². The Morgan fingerprint density at radius 3 is 1.96 bits per heavy atom. The number of hydrazine groups is 1. The highest BCUT2D eigenvalue weighted by atomic mass is 33.1. The summed E-state index contributed by atoms with van der Waals surface area (Å²) >= 11 is 1.25. The molecule has 12 N–H and O–H groups in total. The molecule has 12 atom stereocenters. The number of ketones is 3. The van der Waals surface area contributed by atoms with Gasteiger partial charge in [-0.2, -0.15) is 0 Å². The average molecular weight is 1700 g/mol. The van der Waals surface area contributed by atoms with Crippen molar-refractivity contribution in [2.75, 3.05) is 45.0 Å². The first-order chi connectivity index (χ1) is 55.4. The Kier molecular flexibility index (Phi) is 44.6. The Morgan fingerprint density at radius 2 is 1.33 bits per heavy atom. The highest BCUT2D eigenvalue weighted by Crippen LogP contribution is 2.34. The zero-order chi connectivity index (χ0) is 87.0. The van der Waals surface area contributed by atoms with Gasteiger partial charge in [-0.25, -0.2) is 20.0 Å². The van der Waals surface area contributed by atoms with E-state index in [1.807, 2.05) is 48.6 Å². The Bertz CT molecular complexity index is 3830. The number of hydrogen-bond donors (Lipinski definition) is 12. The van der Waals surface area contributed by atoms with Crippen LogP contribution in [0.3, 0.4) is 0 Å². The van der Waals surface area contributed by atoms with Crippen molar-refractivity contribution in [1.82, 2.24) is 46.9 Å². The Labute approximate surface area is 693 Å². The molecule has 1 aliphatic rings. The number of aromatic hydroxyl groups is 1. The maximum absolute atomic E-state index is 15.0. The molecule has 0 bridgehead atoms. The van der Waals surface area contributed by atoms with Crippen molar-refractivity contribution in [3.05, 3.63) is 81.3 Å². The van der Waals surface area contributed by atoms with E-state index in [1.54, 1.807) is 41.5 Å². The number of rotatable bonds is 56. The van der Waals surface area contributed by atoms with E-state index < -0.39 is 144 Å². The van der Waals surface area contributed by atoms with Crippen LogP contribution in [-0.4, -0.2) is 215 Å². The number of carbonyl (C=O) groups excluding carboxylic acids is 11. The summed E-state index contributed by atoms with van der Waals surface area (Å²) in [7, 11) is 3.87. The lowest BCUT2D eigenvalue weighted by Gasteiger charge is -2.39. The van der Waals surface area contributed by atoms with E-state index in [-0.39, 0.29) is 148 Å². The highest BCUT2D eigenvalue weighted by molar-refractivity contribution is 8.76. The van der Waals surface area contributed by atoms with Crippen LogP contribution in [0.15, 0.2) is 53.9 Å². The molecular formula is C81H117N9O24S3. The molecule has 0 spiro atoms. The zero-order valence-corrected chi connectivity index (χ0v) is 70.5. The molecule has 7 amide bonds. The predicted molar refractivity (Wildman–Crippen MR) is 435 cm³/mol. The van der Waals surface area contributed by atoms with Gasteiger partial charge in [-0.3, -0.25) is 77.4 Å². The van der Waals surface area contributed by atoms with Crippen LogP contribution in [0, 0.1) is 35.5 Å². The van der Waals surface area contributed by atoms with Crippen molar-refractivity contribution >= 4 is 128 Å². The van der Waals surface area contributed by atoms with Gasteiger partial charge in [0.1, 0.15) is 29.9 Å². The van der Waals surface area contributed by atoms with Gasteiger partial charge in [0.2, 0.25) is 29.5 Å². The van der Waals surface area contributed by atoms with Gasteiger partial charge in [0.25, 0.3) is 5.91 Å². The molecule has 2 heterocycles. The van der Waals surface area contributed by atoms with Crippen LogP contribution in [0.25, 0.3) is 0 Å². The van der Waals surface area contributed by atoms with Gasteiger partial charge in [0.05, 0.1) is 54.1 Å². The smallest absolute Gasteiger partial charge is 0.426 e. The lowest BCUT2D eigenvalue weighted by Crippen LogP contribution is -2.50. The number of phenolic OH excluding ortho intramolecular Hbond substituents is 1. The van der Waals surface area contributed by atoms with Gasteiger partial charge < -0.3 is 66.3 Å². The number of phenols is 1. The van der Waals surface area contributed by atoms with Crippen LogP contribution < -0.4 is 32.1 Å². The fourth-order valence-electron chi connectivity index (χ4n) is 13.4. The number of aromatic nitrogens is 1. The Hall–Kier alpha value is -9.55. The summed E-state index contributed by atoms with van der Waals surface area (Å²) < 4.78 is 10.9. The molecule has 1 saturated heterocycles. The summed E-state index contributed by atoms with van der Waals surface area (Å²) in [5, 5.41) is 70.4. The molecular weight excluding hydrogens is 1580 g/mol. The number of unbranched alkanes of at least 4 members (excludes halogenated alkanes) is 2. The molecule has 33 nitrogen and oxygen atoms in total. The number of ether oxygens (including phenoxy) is 2. The van der Waals surface area contributed by atoms with E-state index >= 15 is 0 Å². The standard InChI is InChI=1S/C81H117N9O24S3/c1-10-18-72(102)114-46-90(78(107)60(48(5)11-2)42-67(94)64-21-15-17-32-89(64)9)65(47(3)4)36-50(7)77-86-62(44-115-77)76(106)83-57(37-52-25-29-58(91)30-26-52)35-49(6)73(103)87-88-81(112)113-33-34-116-117-45-63(80(110)111)85-75(105)56(41-70(98)99)40-66(93)61(43-71(100)101)84-74(104)51(8)54-27-23-53(24-28-54)38-68(95)82-31-16-14-19-55(79(108)109)39-59(92)20-12-13-22-69(96)97/h23-30,44,47-51,55-57,60-61,63-65,91H,10-22,31-43,45-46H2,1-9H3,(H,82,95)(H,83,106)(H,84,104)(H,85,105)(H,87,103)(H,88,112)(H,96,97)(H,98,99)(H,100,101)(H,108,109)(H,110,111)/t48?,49-,50+,51+,55+,56-,57+,60-,61-,63-,64+,65+/m0/s1. The molecule has 36 heteroatoms. The number of benzene rings is 2. The predicted octanol–water partition coefficient (Wildman–Crippen LogP) is 8.62. The number of amides is 7. The SMILES string of the molecule is CCCC(=O)OCN(C(=O)[C@@H](CC(=O)[C@H]1CCCCN1C)C(C)CC)[C@H](C[C@@H](C)c1nc(C(=O)N[C@@H](Cc2ccc(O)cc2)C[C@H](C)C(=O)NNC(=O)OCCSSC[C@H](NC(=O)[C@H](CC(=O)O)CC(=O)[C@H](CC(=O)O)NC(=O)[C@H](C)c2ccc(CC(=O)NCCCC[C@H](CC(=O)CCCCC(=O)O)C(=O)O)cc2)C(=O)O)cs1)C(C)C. The van der Waals surface area contributed by atoms with E-state index in [9.17, 15) is 102 Å². The highest BCUT2D eigenvalue weighted by Gasteiger charge is 2.40. The molecule has 4 rings (SSSR count). The fraction of sp³-hybridized carbons (Fsp3) is 0.617. The van der Waals surface area contributed by atoms with Crippen molar-refractivity contribution in [3.8, 4) is 5.75 Å². The van der Waals surface area contributed by atoms with Crippen molar-refractivity contribution in [2.24, 2.45) is 35.5 Å². The molecule has 0 aliphatic carbocycles. The summed E-state index contributed by atoms with van der Waals surface area (Å²) in [6, 6.07) is 7.63. The largest absolute Gasteiger partial charge is 0.508 e. The normalized spacial score (nSPS) is 15.6. The molecule has 1 aromatic heterocycles. The molecule has 1 fully saturated rings. The fourth-order valence-corrected chi connectivity index (χ4v) is 16.2. The third kappa shape index (κ3) is 36.9. The molecule has 0 radical (unpaired) electrons. The van der Waals surface area contributed by atoms with Crippen molar-refractivity contribution in [1.29, 1.82) is 0 Å². The first-order valence-electron chi connectivity index (χ1n) is 39.7. The second kappa shape index (κ2) is 52.3. The van der Waals surface area contributed by atoms with Crippen molar-refractivity contribution < 1.29 is 117 Å². The van der Waals surface area contributed by atoms with Gasteiger partial charge in [-0.05, 0) is 125 Å². The number of carboxylic acids is 5. The maximum Gasteiger partial charge on any atom is 0.426 e. The van der Waals surface area contributed by atoms with Crippen LogP contribution >= 0.6 is 32.9 Å². The topological polar surface area (TPSA) is 505 Å². The van der Waals surface area contributed by atoms with Crippen LogP contribution in [0.4, 0.5) is 4.79 Å². The summed E-state index contributed by atoms with van der Waals surface area (Å²) in [5.41, 5.74) is 6.21. The number of piperidine rings is 1. The van der Waals surface area contributed by atoms with E-state index in [1.165, 1.54) is 42.5 Å². The van der Waals surface area contributed by atoms with Gasteiger partial charge in [-0.1, -0.05) is 126 Å². The second-order valence-electron chi connectivity index (χ2n) is 30.3. The van der Waals surface area contributed by atoms with E-state index in [4.69, 9.17) is 19.6 Å². The maximum atomic E-state index is 15.0. The first kappa shape index (κ1) is 99.8. The molecule has 1 unspecified atom stereocenters. The number of likely N-dealkylation sites (tertiary alicyclic amines) is 1. The summed E-state index contributed by atoms with van der Waals surface area (Å²) in [6.45, 7) is 15.2. The lowest BCUT2D eigenvalue weighted by molar-refractivity contribution is -0.160. The van der Waals surface area contributed by atoms with Crippen molar-refractivity contribution in [2.45, 2.75) is 239 Å². The summed E-state index contributed by atoms with van der Waals surface area (Å²) in [5.74, 6) is -18.4. The van der Waals surface area contributed by atoms with Crippen LogP contribution in [-0.2, 0) is 89.4 Å². The molecule has 2 aromatic carbocycles. The molecule has 0 saturated carbocycles. The third-order valence-electron chi connectivity index (χ3n) is 20.5. The Balaban J connectivity index is 1.28. The van der Waals surface area contributed by atoms with Gasteiger partial charge in [0.15, 0.2) is 18.3 Å². The van der Waals surface area contributed by atoms with Crippen molar-refractivity contribution in [3.63, 3.8) is 0 Å². The van der Waals surface area contributed by atoms with Crippen LogP contribution in [0.5, 0.6) is 5.75 Å². The Morgan fingerprint density at radius 1 is 0.667 bits per heavy atom. The minimum absolute atomic E-state index is 0.00841. The number of thiazole rings is 1. The van der Waals surface area contributed by atoms with Gasteiger partial charge >= 0.3 is 41.9 Å². The number of aliphatic carboxylic acids is 5. The number of likely N-dealkylation sites (N-methyl/N-ethyl adjacent to an activating group) is 1. The van der Waals surface area contributed by atoms with Gasteiger partial charge in [0, 0.05) is 91.8 Å². The lowest BCUT2D eigenvalue weighted by atomic mass is 9.82. The quantitative estimate of drug-likeness (QED) is 0.00826. The third-order valence-corrected chi connectivity index (χ3v) is 23.9. The zero-order valence-electron chi connectivity index (χ0n) is 68.1. The number of carbonyl (C=O) groups is 16. The van der Waals surface area contributed by atoms with Crippen LogP contribution in [0.1, 0.15) is 228 Å². The number of Topliss-reactive ketones (excluding diaryl/α,β-unsaturated/α-hetero) is 3.